The number of rotatable bonds is 4. The van der Waals surface area contributed by atoms with Gasteiger partial charge in [-0.3, -0.25) is 0 Å². The Morgan fingerprint density at radius 2 is 1.94 bits per heavy atom. The van der Waals surface area contributed by atoms with Crippen molar-refractivity contribution in [3.05, 3.63) is 53.1 Å². The highest BCUT2D eigenvalue weighted by molar-refractivity contribution is 5.26. The molecule has 0 unspecified atom stereocenters. The lowest BCUT2D eigenvalue weighted by Crippen LogP contribution is -2.09. The lowest BCUT2D eigenvalue weighted by atomic mass is 10.1. The Morgan fingerprint density at radius 3 is 2.59 bits per heavy atom. The van der Waals surface area contributed by atoms with Gasteiger partial charge in [0.2, 0.25) is 0 Å². The van der Waals surface area contributed by atoms with Crippen LogP contribution in [0, 0.1) is 6.92 Å². The van der Waals surface area contributed by atoms with Gasteiger partial charge in [-0.1, -0.05) is 30.3 Å². The van der Waals surface area contributed by atoms with Crippen LogP contribution < -0.4 is 5.73 Å². The Bertz CT molecular complexity index is 486. The molecule has 1 aromatic heterocycles. The highest BCUT2D eigenvalue weighted by atomic mass is 15.1. The van der Waals surface area contributed by atoms with Crippen molar-refractivity contribution in [3.63, 3.8) is 0 Å². The van der Waals surface area contributed by atoms with E-state index in [1.54, 1.807) is 0 Å². The third-order valence-corrected chi connectivity index (χ3v) is 3.09. The molecule has 0 spiro atoms. The van der Waals surface area contributed by atoms with Gasteiger partial charge in [0.1, 0.15) is 5.82 Å². The zero-order valence-corrected chi connectivity index (χ0v) is 10.5. The van der Waals surface area contributed by atoms with Crippen LogP contribution in [0.2, 0.25) is 0 Å². The first kappa shape index (κ1) is 11.9. The molecule has 1 heterocycles. The molecule has 0 atom stereocenters. The van der Waals surface area contributed by atoms with Gasteiger partial charge in [-0.15, -0.1) is 0 Å². The van der Waals surface area contributed by atoms with Gasteiger partial charge in [0.25, 0.3) is 0 Å². The maximum absolute atomic E-state index is 5.59. The van der Waals surface area contributed by atoms with Crippen LogP contribution in [-0.4, -0.2) is 16.1 Å². The van der Waals surface area contributed by atoms with E-state index in [4.69, 9.17) is 5.73 Å². The van der Waals surface area contributed by atoms with Gasteiger partial charge in [-0.2, -0.15) is 0 Å². The molecule has 0 amide bonds. The molecule has 3 heteroatoms. The van der Waals surface area contributed by atoms with E-state index in [2.05, 4.69) is 47.8 Å². The van der Waals surface area contributed by atoms with Crippen LogP contribution in [0.5, 0.6) is 0 Å². The summed E-state index contributed by atoms with van der Waals surface area (Å²) in [5, 5.41) is 0. The molecular formula is C14H19N3. The third-order valence-electron chi connectivity index (χ3n) is 3.09. The fourth-order valence-corrected chi connectivity index (χ4v) is 2.12. The molecule has 2 rings (SSSR count). The van der Waals surface area contributed by atoms with Crippen LogP contribution in [-0.2, 0) is 19.9 Å². The SMILES string of the molecule is Cc1nc(CCN)n(C)c1Cc1ccccc1. The van der Waals surface area contributed by atoms with Crippen LogP contribution in [0.3, 0.4) is 0 Å². The number of nitrogens with zero attached hydrogens (tertiary/aromatic N) is 2. The van der Waals surface area contributed by atoms with Crippen molar-refractivity contribution >= 4 is 0 Å². The molecule has 2 aromatic rings. The predicted molar refractivity (Wildman–Crippen MR) is 70.0 cm³/mol. The summed E-state index contributed by atoms with van der Waals surface area (Å²) >= 11 is 0. The van der Waals surface area contributed by atoms with Crippen LogP contribution in [0.4, 0.5) is 0 Å². The smallest absolute Gasteiger partial charge is 0.110 e. The lowest BCUT2D eigenvalue weighted by molar-refractivity contribution is 0.749. The Labute approximate surface area is 102 Å². The number of hydrogen-bond donors (Lipinski definition) is 1. The molecule has 3 nitrogen and oxygen atoms in total. The van der Waals surface area contributed by atoms with E-state index in [1.165, 1.54) is 11.3 Å². The summed E-state index contributed by atoms with van der Waals surface area (Å²) in [6.45, 7) is 2.72. The lowest BCUT2D eigenvalue weighted by Gasteiger charge is -2.06. The molecule has 0 saturated carbocycles. The van der Waals surface area contributed by atoms with Gasteiger partial charge in [0.05, 0.1) is 5.69 Å². The number of nitrogens with two attached hydrogens (primary N) is 1. The average molecular weight is 229 g/mol. The third kappa shape index (κ3) is 2.56. The van der Waals surface area contributed by atoms with Crippen LogP contribution in [0.15, 0.2) is 30.3 Å². The normalized spacial score (nSPS) is 10.8. The zero-order chi connectivity index (χ0) is 12.3. The number of benzene rings is 1. The Kier molecular flexibility index (Phi) is 3.59. The van der Waals surface area contributed by atoms with Crippen molar-refractivity contribution in [2.24, 2.45) is 12.8 Å². The molecule has 17 heavy (non-hydrogen) atoms. The summed E-state index contributed by atoms with van der Waals surface area (Å²) in [7, 11) is 2.07. The molecule has 0 radical (unpaired) electrons. The maximum Gasteiger partial charge on any atom is 0.110 e. The van der Waals surface area contributed by atoms with Crippen molar-refractivity contribution in [2.45, 2.75) is 19.8 Å². The topological polar surface area (TPSA) is 43.8 Å². The number of imidazole rings is 1. The van der Waals surface area contributed by atoms with E-state index in [9.17, 15) is 0 Å². The van der Waals surface area contributed by atoms with Crippen molar-refractivity contribution in [1.29, 1.82) is 0 Å². The van der Waals surface area contributed by atoms with Crippen molar-refractivity contribution in [3.8, 4) is 0 Å². The molecular weight excluding hydrogens is 210 g/mol. The molecule has 0 fully saturated rings. The molecule has 90 valence electrons. The quantitative estimate of drug-likeness (QED) is 0.869. The first-order chi connectivity index (χ1) is 8.22. The Balaban J connectivity index is 2.27. The summed E-state index contributed by atoms with van der Waals surface area (Å²) in [5.74, 6) is 1.08. The van der Waals surface area contributed by atoms with Crippen LogP contribution in [0.25, 0.3) is 0 Å². The minimum absolute atomic E-state index is 0.648. The van der Waals surface area contributed by atoms with Crippen LogP contribution in [0.1, 0.15) is 22.8 Å². The van der Waals surface area contributed by atoms with E-state index in [1.807, 2.05) is 6.07 Å². The number of aryl methyl sites for hydroxylation is 1. The van der Waals surface area contributed by atoms with E-state index < -0.39 is 0 Å². The van der Waals surface area contributed by atoms with Crippen molar-refractivity contribution in [2.75, 3.05) is 6.54 Å². The van der Waals surface area contributed by atoms with Crippen LogP contribution >= 0.6 is 0 Å². The summed E-state index contributed by atoms with van der Waals surface area (Å²) in [6.07, 6.45) is 1.77. The van der Waals surface area contributed by atoms with E-state index in [0.717, 1.165) is 24.4 Å². The second kappa shape index (κ2) is 5.15. The van der Waals surface area contributed by atoms with Gasteiger partial charge in [0, 0.05) is 25.6 Å². The second-order valence-electron chi connectivity index (χ2n) is 4.32. The molecule has 1 aromatic carbocycles. The zero-order valence-electron chi connectivity index (χ0n) is 10.5. The summed E-state index contributed by atoms with van der Waals surface area (Å²) in [5.41, 5.74) is 9.29. The van der Waals surface area contributed by atoms with Gasteiger partial charge in [-0.25, -0.2) is 4.98 Å². The molecule has 0 saturated heterocycles. The largest absolute Gasteiger partial charge is 0.334 e. The summed E-state index contributed by atoms with van der Waals surface area (Å²) in [4.78, 5) is 4.58. The maximum atomic E-state index is 5.59. The minimum atomic E-state index is 0.648. The fraction of sp³-hybridized carbons (Fsp3) is 0.357. The number of hydrogen-bond acceptors (Lipinski definition) is 2. The van der Waals surface area contributed by atoms with E-state index in [0.29, 0.717) is 6.54 Å². The fourth-order valence-electron chi connectivity index (χ4n) is 2.12. The summed E-state index contributed by atoms with van der Waals surface area (Å²) in [6, 6.07) is 10.5. The molecule has 0 aliphatic carbocycles. The highest BCUT2D eigenvalue weighted by Crippen LogP contribution is 2.15. The standard InChI is InChI=1S/C14H19N3/c1-11-13(10-12-6-4-3-5-7-12)17(2)14(16-11)8-9-15/h3-7H,8-10,15H2,1-2H3. The first-order valence-electron chi connectivity index (χ1n) is 5.97. The summed E-state index contributed by atoms with van der Waals surface area (Å²) < 4.78 is 2.18. The second-order valence-corrected chi connectivity index (χ2v) is 4.32. The van der Waals surface area contributed by atoms with Gasteiger partial charge < -0.3 is 10.3 Å². The first-order valence-corrected chi connectivity index (χ1v) is 5.97. The highest BCUT2D eigenvalue weighted by Gasteiger charge is 2.10. The Hall–Kier alpha value is -1.61. The van der Waals surface area contributed by atoms with Gasteiger partial charge >= 0.3 is 0 Å². The molecule has 2 N–H and O–H groups in total. The van der Waals surface area contributed by atoms with Gasteiger partial charge in [0.15, 0.2) is 0 Å². The molecule has 0 bridgehead atoms. The van der Waals surface area contributed by atoms with Crippen molar-refractivity contribution in [1.82, 2.24) is 9.55 Å². The number of aromatic nitrogens is 2. The molecule has 0 aliphatic rings. The van der Waals surface area contributed by atoms with Gasteiger partial charge in [-0.05, 0) is 19.0 Å². The Morgan fingerprint density at radius 1 is 1.24 bits per heavy atom. The van der Waals surface area contributed by atoms with E-state index >= 15 is 0 Å². The van der Waals surface area contributed by atoms with E-state index in [-0.39, 0.29) is 0 Å². The minimum Gasteiger partial charge on any atom is -0.334 e. The monoisotopic (exact) mass is 229 g/mol. The predicted octanol–water partition coefficient (Wildman–Crippen LogP) is 1.82. The molecule has 0 aliphatic heterocycles. The average Bonchev–Trinajstić information content (AvgIpc) is 2.59. The van der Waals surface area contributed by atoms with Crippen molar-refractivity contribution < 1.29 is 0 Å².